The number of pyridine rings is 2. The lowest BCUT2D eigenvalue weighted by Gasteiger charge is -2.30. The second kappa shape index (κ2) is 6.91. The lowest BCUT2D eigenvalue weighted by atomic mass is 9.78. The van der Waals surface area contributed by atoms with Gasteiger partial charge in [-0.3, -0.25) is 15.0 Å². The molecule has 3 atom stereocenters. The van der Waals surface area contributed by atoms with Crippen molar-refractivity contribution in [3.63, 3.8) is 0 Å². The number of aliphatic hydroxyl groups excluding tert-OH is 1. The van der Waals surface area contributed by atoms with E-state index in [9.17, 15) is 5.11 Å². The van der Waals surface area contributed by atoms with Crippen LogP contribution in [0.3, 0.4) is 0 Å². The summed E-state index contributed by atoms with van der Waals surface area (Å²) in [5.41, 5.74) is 10.6. The lowest BCUT2D eigenvalue weighted by molar-refractivity contribution is 0.145. The van der Waals surface area contributed by atoms with Gasteiger partial charge in [-0.25, -0.2) is 0 Å². The molecule has 3 aliphatic rings. The van der Waals surface area contributed by atoms with Gasteiger partial charge in [-0.15, -0.1) is 0 Å². The highest BCUT2D eigenvalue weighted by Gasteiger charge is 2.38. The SMILES string of the molecule is C[C@H]1C2=CNN(c3cccnc3)C2=CC2=C1[C@@H](CC(O)c1ccccn1)CC2. The first-order valence-electron chi connectivity index (χ1n) is 9.92. The Hall–Kier alpha value is -2.92. The molecular weight excluding hydrogens is 348 g/mol. The molecule has 1 aliphatic heterocycles. The number of anilines is 1. The molecule has 0 saturated carbocycles. The van der Waals surface area contributed by atoms with E-state index >= 15 is 0 Å². The van der Waals surface area contributed by atoms with Crippen LogP contribution in [0, 0.1) is 11.8 Å². The molecule has 0 amide bonds. The third-order valence-electron chi connectivity index (χ3n) is 6.14. The van der Waals surface area contributed by atoms with Crippen molar-refractivity contribution in [3.8, 4) is 0 Å². The molecule has 5 rings (SSSR count). The van der Waals surface area contributed by atoms with E-state index in [0.29, 0.717) is 11.8 Å². The van der Waals surface area contributed by atoms with Crippen LogP contribution in [-0.4, -0.2) is 15.1 Å². The minimum atomic E-state index is -0.516. The summed E-state index contributed by atoms with van der Waals surface area (Å²) in [5.74, 6) is 0.737. The molecule has 0 radical (unpaired) electrons. The monoisotopic (exact) mass is 372 g/mol. The van der Waals surface area contributed by atoms with Crippen LogP contribution in [0.5, 0.6) is 0 Å². The second-order valence-electron chi connectivity index (χ2n) is 7.75. The van der Waals surface area contributed by atoms with Crippen LogP contribution < -0.4 is 10.4 Å². The Bertz CT molecular complexity index is 965. The molecule has 5 heteroatoms. The van der Waals surface area contributed by atoms with E-state index in [4.69, 9.17) is 0 Å². The van der Waals surface area contributed by atoms with Crippen molar-refractivity contribution in [1.82, 2.24) is 15.4 Å². The minimum absolute atomic E-state index is 0.340. The van der Waals surface area contributed by atoms with Gasteiger partial charge in [0.05, 0.1) is 29.4 Å². The zero-order valence-corrected chi connectivity index (χ0v) is 15.9. The molecule has 0 aromatic carbocycles. The molecule has 0 fully saturated rings. The van der Waals surface area contributed by atoms with E-state index < -0.39 is 6.10 Å². The molecule has 28 heavy (non-hydrogen) atoms. The van der Waals surface area contributed by atoms with E-state index in [-0.39, 0.29) is 0 Å². The first kappa shape index (κ1) is 17.2. The van der Waals surface area contributed by atoms with Crippen molar-refractivity contribution in [2.45, 2.75) is 32.3 Å². The zero-order chi connectivity index (χ0) is 19.1. The summed E-state index contributed by atoms with van der Waals surface area (Å²) in [6.45, 7) is 2.29. The average molecular weight is 372 g/mol. The number of aromatic nitrogens is 2. The number of hydrogen-bond acceptors (Lipinski definition) is 5. The van der Waals surface area contributed by atoms with Crippen molar-refractivity contribution in [2.24, 2.45) is 11.8 Å². The van der Waals surface area contributed by atoms with E-state index in [1.54, 1.807) is 12.4 Å². The molecule has 2 aromatic heterocycles. The van der Waals surface area contributed by atoms with Crippen molar-refractivity contribution >= 4 is 5.69 Å². The fourth-order valence-corrected chi connectivity index (χ4v) is 4.82. The Labute approximate surface area is 165 Å². The maximum absolute atomic E-state index is 10.7. The summed E-state index contributed by atoms with van der Waals surface area (Å²) in [5, 5.41) is 12.8. The number of aliphatic hydroxyl groups is 1. The maximum atomic E-state index is 10.7. The highest BCUT2D eigenvalue weighted by Crippen LogP contribution is 2.49. The predicted octanol–water partition coefficient (Wildman–Crippen LogP) is 4.05. The highest BCUT2D eigenvalue weighted by atomic mass is 16.3. The van der Waals surface area contributed by atoms with Crippen molar-refractivity contribution < 1.29 is 5.11 Å². The summed E-state index contributed by atoms with van der Waals surface area (Å²) < 4.78 is 0. The molecular formula is C23H24N4O. The normalized spacial score (nSPS) is 24.3. The second-order valence-corrected chi connectivity index (χ2v) is 7.75. The van der Waals surface area contributed by atoms with Crippen molar-refractivity contribution in [2.75, 3.05) is 5.01 Å². The van der Waals surface area contributed by atoms with E-state index in [0.717, 1.165) is 30.6 Å². The number of nitrogens with one attached hydrogen (secondary N) is 1. The third-order valence-corrected chi connectivity index (χ3v) is 6.14. The van der Waals surface area contributed by atoms with Crippen molar-refractivity contribution in [1.29, 1.82) is 0 Å². The number of fused-ring (bicyclic) bond motifs is 1. The van der Waals surface area contributed by atoms with Crippen LogP contribution in [0.2, 0.25) is 0 Å². The van der Waals surface area contributed by atoms with Gasteiger partial charge in [0, 0.05) is 30.1 Å². The Kier molecular flexibility index (Phi) is 4.24. The van der Waals surface area contributed by atoms with Gasteiger partial charge < -0.3 is 10.5 Å². The van der Waals surface area contributed by atoms with Crippen LogP contribution in [0.4, 0.5) is 5.69 Å². The fourth-order valence-electron chi connectivity index (χ4n) is 4.82. The number of hydrazine groups is 1. The largest absolute Gasteiger partial charge is 0.387 e. The smallest absolute Gasteiger partial charge is 0.0965 e. The Morgan fingerprint density at radius 3 is 2.96 bits per heavy atom. The van der Waals surface area contributed by atoms with E-state index in [1.807, 2.05) is 30.5 Å². The van der Waals surface area contributed by atoms with E-state index in [1.165, 1.54) is 22.4 Å². The Morgan fingerprint density at radius 2 is 2.18 bits per heavy atom. The van der Waals surface area contributed by atoms with Gasteiger partial charge in [-0.1, -0.05) is 18.6 Å². The number of rotatable bonds is 4. The standard InChI is InChI=1S/C23H24N4O/c1-15-19-14-26-27(18-5-4-9-24-13-18)21(19)11-16-7-8-17(23(15)16)12-22(28)20-6-2-3-10-25-20/h2-6,9-11,13-15,17,22,26,28H,7-8,12H2,1H3/t15-,17+,22?/m0/s1. The van der Waals surface area contributed by atoms with Gasteiger partial charge in [-0.05, 0) is 61.1 Å². The first-order chi connectivity index (χ1) is 13.7. The van der Waals surface area contributed by atoms with Gasteiger partial charge >= 0.3 is 0 Å². The molecule has 5 nitrogen and oxygen atoms in total. The van der Waals surface area contributed by atoms with E-state index in [2.05, 4.69) is 45.7 Å². The third kappa shape index (κ3) is 2.83. The summed E-state index contributed by atoms with van der Waals surface area (Å²) in [6, 6.07) is 9.75. The number of allylic oxidation sites excluding steroid dienone is 4. The number of nitrogens with zero attached hydrogens (tertiary/aromatic N) is 3. The predicted molar refractivity (Wildman–Crippen MR) is 109 cm³/mol. The molecule has 2 N–H and O–H groups in total. The molecule has 0 spiro atoms. The topological polar surface area (TPSA) is 61.3 Å². The summed E-state index contributed by atoms with van der Waals surface area (Å²) in [6.07, 6.45) is 12.2. The van der Waals surface area contributed by atoms with Gasteiger partial charge in [0.25, 0.3) is 0 Å². The Balaban J connectivity index is 1.42. The van der Waals surface area contributed by atoms with Gasteiger partial charge in [0.15, 0.2) is 0 Å². The maximum Gasteiger partial charge on any atom is 0.0965 e. The molecule has 0 bridgehead atoms. The molecule has 1 unspecified atom stereocenters. The first-order valence-corrected chi connectivity index (χ1v) is 9.92. The average Bonchev–Trinajstić information content (AvgIpc) is 3.34. The quantitative estimate of drug-likeness (QED) is 0.848. The van der Waals surface area contributed by atoms with Crippen LogP contribution in [0.15, 0.2) is 83.6 Å². The molecule has 2 aromatic rings. The lowest BCUT2D eigenvalue weighted by Crippen LogP contribution is -2.30. The minimum Gasteiger partial charge on any atom is -0.387 e. The van der Waals surface area contributed by atoms with Gasteiger partial charge in [0.2, 0.25) is 0 Å². The van der Waals surface area contributed by atoms with Crippen LogP contribution in [0.25, 0.3) is 0 Å². The molecule has 3 heterocycles. The molecule has 0 saturated heterocycles. The Morgan fingerprint density at radius 1 is 1.25 bits per heavy atom. The van der Waals surface area contributed by atoms with Crippen LogP contribution in [0.1, 0.15) is 38.0 Å². The fraction of sp³-hybridized carbons (Fsp3) is 0.304. The number of hydrogen-bond donors (Lipinski definition) is 2. The highest BCUT2D eigenvalue weighted by molar-refractivity contribution is 5.64. The van der Waals surface area contributed by atoms with Gasteiger partial charge in [-0.2, -0.15) is 0 Å². The van der Waals surface area contributed by atoms with Crippen LogP contribution in [-0.2, 0) is 0 Å². The summed E-state index contributed by atoms with van der Waals surface area (Å²) in [4.78, 5) is 8.58. The van der Waals surface area contributed by atoms with Crippen molar-refractivity contribution in [3.05, 3.63) is 89.3 Å². The summed E-state index contributed by atoms with van der Waals surface area (Å²) >= 11 is 0. The summed E-state index contributed by atoms with van der Waals surface area (Å²) in [7, 11) is 0. The van der Waals surface area contributed by atoms with Crippen LogP contribution >= 0.6 is 0 Å². The van der Waals surface area contributed by atoms with Gasteiger partial charge in [0.1, 0.15) is 0 Å². The molecule has 142 valence electrons. The molecule has 2 aliphatic carbocycles. The zero-order valence-electron chi connectivity index (χ0n) is 15.9.